The minimum absolute atomic E-state index is 0. The van der Waals surface area contributed by atoms with Crippen LogP contribution in [0.3, 0.4) is 0 Å². The van der Waals surface area contributed by atoms with Crippen molar-refractivity contribution in [1.29, 1.82) is 0 Å². The Morgan fingerprint density at radius 3 is 1.23 bits per heavy atom. The van der Waals surface area contributed by atoms with E-state index in [1.54, 1.807) is 12.1 Å². The molecule has 0 bridgehead atoms. The minimum atomic E-state index is -0.379. The van der Waals surface area contributed by atoms with Crippen molar-refractivity contribution in [2.24, 2.45) is 0 Å². The van der Waals surface area contributed by atoms with Crippen LogP contribution < -0.4 is 11.5 Å². The Bertz CT molecular complexity index is 1750. The van der Waals surface area contributed by atoms with Gasteiger partial charge < -0.3 is 30.3 Å². The smallest absolute Gasteiger partial charge is 0.753 e. The van der Waals surface area contributed by atoms with Crippen molar-refractivity contribution in [3.8, 4) is 0 Å². The van der Waals surface area contributed by atoms with Crippen LogP contribution >= 0.6 is 24.4 Å². The van der Waals surface area contributed by atoms with E-state index in [0.29, 0.717) is 11.2 Å². The van der Waals surface area contributed by atoms with Crippen LogP contribution in [0.1, 0.15) is 0 Å². The van der Waals surface area contributed by atoms with Crippen molar-refractivity contribution in [3.05, 3.63) is 152 Å². The molecule has 10 nitrogen and oxygen atoms in total. The molecule has 0 unspecified atom stereocenters. The Morgan fingerprint density at radius 1 is 0.581 bits per heavy atom. The zero-order chi connectivity index (χ0) is 30.2. The standard InChI is InChI=1S/2C14H11N2O2.2CNS.Ni/c2*17-14-16(10-15-11-6-2-1-3-7-11)12-8-4-5-9-13(12)18-14;2*2-1-3;/h2*1-9H,10H2;;;/q4*-1;+2. The van der Waals surface area contributed by atoms with E-state index in [-0.39, 0.29) is 41.3 Å². The van der Waals surface area contributed by atoms with Crippen molar-refractivity contribution in [1.82, 2.24) is 9.13 Å². The van der Waals surface area contributed by atoms with E-state index in [2.05, 4.69) is 35.1 Å². The summed E-state index contributed by atoms with van der Waals surface area (Å²) in [6.07, 6.45) is 0. The fraction of sp³-hybridized carbons (Fsp3) is 0.0667. The van der Waals surface area contributed by atoms with Crippen molar-refractivity contribution < 1.29 is 25.3 Å². The number of rotatable bonds is 6. The van der Waals surface area contributed by atoms with Crippen molar-refractivity contribution in [3.63, 3.8) is 0 Å². The van der Waals surface area contributed by atoms with Gasteiger partial charge in [0.2, 0.25) is 0 Å². The maximum Gasteiger partial charge on any atom is 2.00 e. The number of aromatic nitrogens is 2. The first-order chi connectivity index (χ1) is 20.5. The summed E-state index contributed by atoms with van der Waals surface area (Å²) in [6, 6.07) is 33.7. The number of isothiocyanates is 2. The molecule has 2 aromatic heterocycles. The van der Waals surface area contributed by atoms with E-state index in [0.717, 1.165) is 22.4 Å². The van der Waals surface area contributed by atoms with Crippen LogP contribution in [0, 0.1) is 0 Å². The van der Waals surface area contributed by atoms with Crippen molar-refractivity contribution >= 4 is 68.3 Å². The van der Waals surface area contributed by atoms with Gasteiger partial charge in [-0.3, -0.25) is 9.13 Å². The van der Waals surface area contributed by atoms with Crippen molar-refractivity contribution in [2.45, 2.75) is 13.3 Å². The molecule has 0 N–H and O–H groups in total. The van der Waals surface area contributed by atoms with Gasteiger partial charge in [-0.1, -0.05) is 109 Å². The van der Waals surface area contributed by atoms with E-state index in [4.69, 9.17) is 19.7 Å². The number of benzene rings is 4. The first kappa shape index (κ1) is 34.3. The summed E-state index contributed by atoms with van der Waals surface area (Å²) in [5, 5.41) is 25.7. The fourth-order valence-electron chi connectivity index (χ4n) is 3.67. The summed E-state index contributed by atoms with van der Waals surface area (Å²) in [7, 11) is 0. The van der Waals surface area contributed by atoms with E-state index in [1.807, 2.05) is 97.1 Å². The van der Waals surface area contributed by atoms with Crippen LogP contribution in [0.25, 0.3) is 43.7 Å². The number of hydrogen-bond acceptors (Lipinski definition) is 6. The Morgan fingerprint density at radius 2 is 0.884 bits per heavy atom. The first-order valence-electron chi connectivity index (χ1n) is 12.2. The predicted octanol–water partition coefficient (Wildman–Crippen LogP) is 7.83. The van der Waals surface area contributed by atoms with Gasteiger partial charge in [-0.25, -0.2) is 9.59 Å². The number of thiocarbonyl (C=S) groups is 2. The number of oxazole rings is 2. The molecule has 0 aliphatic carbocycles. The second-order valence-electron chi connectivity index (χ2n) is 7.98. The van der Waals surface area contributed by atoms with E-state index in [1.165, 1.54) is 19.5 Å². The summed E-state index contributed by atoms with van der Waals surface area (Å²) in [5.41, 5.74) is 4.39. The maximum absolute atomic E-state index is 11.7. The van der Waals surface area contributed by atoms with Crippen LogP contribution in [0.15, 0.2) is 128 Å². The van der Waals surface area contributed by atoms with Gasteiger partial charge in [0.1, 0.15) is 0 Å². The number of nitrogens with zero attached hydrogens (tertiary/aromatic N) is 6. The van der Waals surface area contributed by atoms with E-state index >= 15 is 0 Å². The minimum Gasteiger partial charge on any atom is -0.753 e. The Kier molecular flexibility index (Phi) is 14.8. The summed E-state index contributed by atoms with van der Waals surface area (Å²) >= 11 is 7.40. The molecule has 43 heavy (non-hydrogen) atoms. The van der Waals surface area contributed by atoms with Crippen LogP contribution in [0.5, 0.6) is 0 Å². The molecule has 0 saturated heterocycles. The van der Waals surface area contributed by atoms with Gasteiger partial charge in [0, 0.05) is 0 Å². The van der Waals surface area contributed by atoms with Crippen LogP contribution in [-0.4, -0.2) is 19.5 Å². The molecule has 0 radical (unpaired) electrons. The molecular formula is C30H22N6NiO4S2-2. The van der Waals surface area contributed by atoms with E-state index in [9.17, 15) is 9.59 Å². The number of para-hydroxylation sites is 6. The van der Waals surface area contributed by atoms with Crippen LogP contribution in [-0.2, 0) is 29.8 Å². The maximum atomic E-state index is 11.7. The summed E-state index contributed by atoms with van der Waals surface area (Å²) in [4.78, 5) is 23.4. The normalized spacial score (nSPS) is 9.30. The second kappa shape index (κ2) is 18.5. The molecular weight excluding hydrogens is 631 g/mol. The summed E-state index contributed by atoms with van der Waals surface area (Å²) in [5.74, 6) is -0.758. The Balaban J connectivity index is 0.000000249. The Labute approximate surface area is 266 Å². The van der Waals surface area contributed by atoms with Gasteiger partial charge in [0.15, 0.2) is 11.2 Å². The zero-order valence-corrected chi connectivity index (χ0v) is 24.9. The van der Waals surface area contributed by atoms with E-state index < -0.39 is 0 Å². The van der Waals surface area contributed by atoms with Gasteiger partial charge in [-0.05, 0) is 37.6 Å². The van der Waals surface area contributed by atoms with Crippen LogP contribution in [0.2, 0.25) is 0 Å². The molecule has 2 heterocycles. The SMILES string of the molecule is O=c1oc2ccccc2n1C[N-]c1ccccc1.O=c1oc2ccccc2n1C[N-]c1ccccc1.[N-]=C=S.[N-]=C=S.[Ni+2]. The average molecular weight is 653 g/mol. The fourth-order valence-corrected chi connectivity index (χ4v) is 3.67. The van der Waals surface area contributed by atoms with Gasteiger partial charge in [0.05, 0.1) is 11.0 Å². The molecule has 0 saturated carbocycles. The third kappa shape index (κ3) is 10.2. The third-order valence-electron chi connectivity index (χ3n) is 5.45. The molecule has 6 rings (SSSR count). The predicted molar refractivity (Wildman–Crippen MR) is 172 cm³/mol. The molecule has 0 fully saturated rings. The Hall–Kier alpha value is -4.89. The van der Waals surface area contributed by atoms with Gasteiger partial charge in [-0.15, -0.1) is 11.4 Å². The first-order valence-corrected chi connectivity index (χ1v) is 13.0. The number of fused-ring (bicyclic) bond motifs is 2. The summed E-state index contributed by atoms with van der Waals surface area (Å²) in [6.45, 7) is 0.527. The molecule has 0 spiro atoms. The van der Waals surface area contributed by atoms with Gasteiger partial charge in [-0.2, -0.15) is 10.3 Å². The average Bonchev–Trinajstić information content (AvgIpc) is 3.51. The molecule has 220 valence electrons. The molecule has 0 aliphatic heterocycles. The summed E-state index contributed by atoms with van der Waals surface area (Å²) < 4.78 is 13.3. The molecule has 0 amide bonds. The quantitative estimate of drug-likeness (QED) is 0.102. The second-order valence-corrected chi connectivity index (χ2v) is 8.35. The third-order valence-corrected chi connectivity index (χ3v) is 5.45. The molecule has 6 aromatic rings. The zero-order valence-electron chi connectivity index (χ0n) is 22.3. The largest absolute Gasteiger partial charge is 2.00 e. The molecule has 0 atom stereocenters. The van der Waals surface area contributed by atoms with Gasteiger partial charge in [0.25, 0.3) is 0 Å². The van der Waals surface area contributed by atoms with Crippen LogP contribution in [0.4, 0.5) is 11.4 Å². The monoisotopic (exact) mass is 652 g/mol. The molecule has 13 heteroatoms. The topological polar surface area (TPSA) is 143 Å². The molecule has 4 aromatic carbocycles. The van der Waals surface area contributed by atoms with Crippen molar-refractivity contribution in [2.75, 3.05) is 0 Å². The van der Waals surface area contributed by atoms with Gasteiger partial charge >= 0.3 is 28.0 Å². The molecule has 0 aliphatic rings. The number of hydrogen-bond donors (Lipinski definition) is 0.